The van der Waals surface area contributed by atoms with Crippen LogP contribution >= 0.6 is 11.3 Å². The van der Waals surface area contributed by atoms with Gasteiger partial charge in [-0.05, 0) is 79.4 Å². The summed E-state index contributed by atoms with van der Waals surface area (Å²) in [7, 11) is -4.00. The van der Waals surface area contributed by atoms with E-state index >= 15 is 0 Å². The van der Waals surface area contributed by atoms with Crippen molar-refractivity contribution in [2.24, 2.45) is 5.18 Å². The minimum Gasteiger partial charge on any atom is -0.388 e. The Bertz CT molecular complexity index is 1140. The van der Waals surface area contributed by atoms with Crippen molar-refractivity contribution >= 4 is 32.7 Å². The predicted octanol–water partition coefficient (Wildman–Crippen LogP) is 5.23. The molecule has 1 unspecified atom stereocenters. The lowest BCUT2D eigenvalue weighted by Gasteiger charge is -2.25. The molecule has 0 aliphatic rings. The first-order valence-corrected chi connectivity index (χ1v) is 12.7. The molecule has 0 spiro atoms. The second-order valence-electron chi connectivity index (χ2n) is 7.40. The molecule has 7 nitrogen and oxygen atoms in total. The SMILES string of the molecule is CCC(O)c1ccc(N(NCCCc2ccc(C)s2)S(=O)(=O)c2cccc(N=O)c2)cc1. The normalized spacial score (nSPS) is 12.5. The highest BCUT2D eigenvalue weighted by atomic mass is 32.2. The lowest BCUT2D eigenvalue weighted by molar-refractivity contribution is 0.173. The third kappa shape index (κ3) is 5.80. The molecule has 9 heteroatoms. The van der Waals surface area contributed by atoms with Crippen molar-refractivity contribution in [1.82, 2.24) is 5.43 Å². The highest BCUT2D eigenvalue weighted by Crippen LogP contribution is 2.27. The van der Waals surface area contributed by atoms with E-state index < -0.39 is 16.1 Å². The Morgan fingerprint density at radius 2 is 1.88 bits per heavy atom. The lowest BCUT2D eigenvalue weighted by atomic mass is 10.1. The Labute approximate surface area is 192 Å². The summed E-state index contributed by atoms with van der Waals surface area (Å²) in [6.07, 6.45) is 1.54. The summed E-state index contributed by atoms with van der Waals surface area (Å²) in [6.45, 7) is 4.36. The number of nitrogens with zero attached hydrogens (tertiary/aromatic N) is 2. The van der Waals surface area contributed by atoms with Crippen LogP contribution < -0.4 is 9.84 Å². The number of sulfonamides is 1. The van der Waals surface area contributed by atoms with Crippen LogP contribution in [-0.4, -0.2) is 20.1 Å². The molecule has 0 amide bonds. The van der Waals surface area contributed by atoms with E-state index in [0.717, 1.165) is 17.3 Å². The maximum absolute atomic E-state index is 13.4. The molecule has 2 aromatic carbocycles. The van der Waals surface area contributed by atoms with Gasteiger partial charge in [-0.1, -0.05) is 25.1 Å². The van der Waals surface area contributed by atoms with Gasteiger partial charge in [0.05, 0.1) is 16.7 Å². The highest BCUT2D eigenvalue weighted by molar-refractivity contribution is 7.92. The van der Waals surface area contributed by atoms with Crippen molar-refractivity contribution in [1.29, 1.82) is 0 Å². The largest absolute Gasteiger partial charge is 0.388 e. The third-order valence-electron chi connectivity index (χ3n) is 5.01. The van der Waals surface area contributed by atoms with Crippen molar-refractivity contribution < 1.29 is 13.5 Å². The van der Waals surface area contributed by atoms with Gasteiger partial charge in [0.2, 0.25) is 0 Å². The molecule has 32 heavy (non-hydrogen) atoms. The van der Waals surface area contributed by atoms with Crippen LogP contribution in [0.5, 0.6) is 0 Å². The summed E-state index contributed by atoms with van der Waals surface area (Å²) in [5.74, 6) is 0. The zero-order valence-corrected chi connectivity index (χ0v) is 19.7. The van der Waals surface area contributed by atoms with Crippen LogP contribution in [0.15, 0.2) is 70.7 Å². The number of anilines is 1. The molecule has 3 rings (SSSR count). The minimum absolute atomic E-state index is 0.0337. The van der Waals surface area contributed by atoms with Gasteiger partial charge in [-0.3, -0.25) is 0 Å². The molecule has 0 aliphatic carbocycles. The Morgan fingerprint density at radius 3 is 2.50 bits per heavy atom. The van der Waals surface area contributed by atoms with Crippen molar-refractivity contribution in [2.75, 3.05) is 11.0 Å². The number of thiophene rings is 1. The van der Waals surface area contributed by atoms with Gasteiger partial charge in [-0.25, -0.2) is 5.43 Å². The number of hydrazine groups is 1. The van der Waals surface area contributed by atoms with Crippen molar-refractivity contribution in [3.8, 4) is 0 Å². The fourth-order valence-electron chi connectivity index (χ4n) is 3.25. The summed E-state index contributed by atoms with van der Waals surface area (Å²) >= 11 is 1.73. The summed E-state index contributed by atoms with van der Waals surface area (Å²) < 4.78 is 28.0. The third-order valence-corrected chi connectivity index (χ3v) is 7.74. The van der Waals surface area contributed by atoms with Gasteiger partial charge < -0.3 is 5.11 Å². The number of rotatable bonds is 11. The number of hydrogen-bond donors (Lipinski definition) is 2. The molecular weight excluding hydrogens is 446 g/mol. The van der Waals surface area contributed by atoms with Gasteiger partial charge in [0.25, 0.3) is 10.0 Å². The first-order chi connectivity index (χ1) is 15.3. The lowest BCUT2D eigenvalue weighted by Crippen LogP contribution is -2.43. The molecule has 0 aliphatic heterocycles. The fraction of sp³-hybridized carbons (Fsp3) is 0.304. The van der Waals surface area contributed by atoms with E-state index in [2.05, 4.69) is 29.7 Å². The molecule has 1 aromatic heterocycles. The molecule has 3 aromatic rings. The molecule has 0 fully saturated rings. The van der Waals surface area contributed by atoms with Gasteiger partial charge in [0.15, 0.2) is 0 Å². The zero-order valence-electron chi connectivity index (χ0n) is 18.1. The molecule has 0 saturated heterocycles. The summed E-state index contributed by atoms with van der Waals surface area (Å²) in [6, 6.07) is 16.5. The topological polar surface area (TPSA) is 99.1 Å². The number of aliphatic hydroxyl groups excluding tert-OH is 1. The maximum Gasteiger partial charge on any atom is 0.277 e. The molecule has 2 N–H and O–H groups in total. The van der Waals surface area contributed by atoms with Crippen molar-refractivity contribution in [3.05, 3.63) is 80.9 Å². The van der Waals surface area contributed by atoms with E-state index in [1.807, 2.05) is 6.92 Å². The molecule has 170 valence electrons. The Kier molecular flexibility index (Phi) is 8.14. The average molecular weight is 474 g/mol. The van der Waals surface area contributed by atoms with Crippen LogP contribution in [0, 0.1) is 11.8 Å². The van der Waals surface area contributed by atoms with Gasteiger partial charge in [-0.15, -0.1) is 16.2 Å². The van der Waals surface area contributed by atoms with Crippen LogP contribution in [0.2, 0.25) is 0 Å². The first-order valence-electron chi connectivity index (χ1n) is 10.4. The minimum atomic E-state index is -4.00. The van der Waals surface area contributed by atoms with E-state index in [1.54, 1.807) is 35.6 Å². The van der Waals surface area contributed by atoms with Gasteiger partial charge in [0, 0.05) is 16.3 Å². The quantitative estimate of drug-likeness (QED) is 0.226. The number of nitroso groups, excluding NO2 is 1. The maximum atomic E-state index is 13.4. The van der Waals surface area contributed by atoms with Crippen molar-refractivity contribution in [2.45, 2.75) is 44.1 Å². The Morgan fingerprint density at radius 1 is 1.12 bits per heavy atom. The van der Waals surface area contributed by atoms with Gasteiger partial charge in [0.1, 0.15) is 5.69 Å². The Balaban J connectivity index is 1.84. The summed E-state index contributed by atoms with van der Waals surface area (Å²) in [5, 5.41) is 12.9. The van der Waals surface area contributed by atoms with Crippen LogP contribution in [-0.2, 0) is 16.4 Å². The second kappa shape index (κ2) is 10.8. The van der Waals surface area contributed by atoms with E-state index in [4.69, 9.17) is 0 Å². The van der Waals surface area contributed by atoms with E-state index in [-0.39, 0.29) is 10.6 Å². The van der Waals surface area contributed by atoms with Crippen LogP contribution in [0.4, 0.5) is 11.4 Å². The number of benzene rings is 2. The fourth-order valence-corrected chi connectivity index (χ4v) is 5.58. The van der Waals surface area contributed by atoms with Crippen LogP contribution in [0.25, 0.3) is 0 Å². The molecule has 0 saturated carbocycles. The van der Waals surface area contributed by atoms with Crippen LogP contribution in [0.1, 0.15) is 41.2 Å². The van der Waals surface area contributed by atoms with E-state index in [9.17, 15) is 18.4 Å². The number of aliphatic hydroxyl groups is 1. The van der Waals surface area contributed by atoms with E-state index in [0.29, 0.717) is 24.2 Å². The second-order valence-corrected chi connectivity index (χ2v) is 10.6. The molecular formula is C23H27N3O4S2. The first kappa shape index (κ1) is 24.1. The summed E-state index contributed by atoms with van der Waals surface area (Å²) in [5.41, 5.74) is 4.20. The predicted molar refractivity (Wildman–Crippen MR) is 129 cm³/mol. The highest BCUT2D eigenvalue weighted by Gasteiger charge is 2.25. The monoisotopic (exact) mass is 473 g/mol. The van der Waals surface area contributed by atoms with Gasteiger partial charge >= 0.3 is 0 Å². The standard InChI is InChI=1S/C23H27N3O4S2/c1-3-23(27)18-10-12-20(13-11-18)26(24-15-5-7-21-14-9-17(2)31-21)32(29,30)22-8-4-6-19(16-22)25-28/h4,6,8-14,16,23-24,27H,3,5,7,15H2,1-2H3. The molecule has 0 radical (unpaired) electrons. The van der Waals surface area contributed by atoms with Crippen molar-refractivity contribution in [3.63, 3.8) is 0 Å². The molecule has 0 bridgehead atoms. The molecule has 1 atom stereocenters. The van der Waals surface area contributed by atoms with Crippen LogP contribution in [0.3, 0.4) is 0 Å². The number of aryl methyl sites for hydroxylation is 2. The zero-order chi connectivity index (χ0) is 23.1. The average Bonchev–Trinajstić information content (AvgIpc) is 3.23. The number of nitrogens with one attached hydrogen (secondary N) is 1. The molecule has 1 heterocycles. The Hall–Kier alpha value is -2.59. The smallest absolute Gasteiger partial charge is 0.277 e. The van der Waals surface area contributed by atoms with Gasteiger partial charge in [-0.2, -0.15) is 12.8 Å². The summed E-state index contributed by atoms with van der Waals surface area (Å²) in [4.78, 5) is 13.4. The van der Waals surface area contributed by atoms with E-state index in [1.165, 1.54) is 34.0 Å². The number of hydrogen-bond acceptors (Lipinski definition) is 7.